The third kappa shape index (κ3) is 5.43. The molecule has 1 aliphatic rings. The molecule has 0 aromatic heterocycles. The van der Waals surface area contributed by atoms with E-state index in [4.69, 9.17) is 44.3 Å². The van der Waals surface area contributed by atoms with Crippen LogP contribution in [0, 0.1) is 0 Å². The van der Waals surface area contributed by atoms with Crippen LogP contribution in [0.4, 0.5) is 10.5 Å². The van der Waals surface area contributed by atoms with Gasteiger partial charge >= 0.3 is 6.03 Å². The molecule has 3 aromatic rings. The average Bonchev–Trinajstić information content (AvgIpc) is 3.20. The maximum Gasteiger partial charge on any atom is 0.324 e. The predicted octanol–water partition coefficient (Wildman–Crippen LogP) is 6.66. The van der Waals surface area contributed by atoms with Gasteiger partial charge in [0.1, 0.15) is 18.5 Å². The molecule has 0 radical (unpaired) electrons. The van der Waals surface area contributed by atoms with Crippen molar-refractivity contribution in [2.45, 2.75) is 12.3 Å². The van der Waals surface area contributed by atoms with Crippen LogP contribution in [0.15, 0.2) is 72.8 Å². The largest absolute Gasteiger partial charge is 0.491 e. The van der Waals surface area contributed by atoms with Crippen molar-refractivity contribution < 1.29 is 14.3 Å². The third-order valence-electron chi connectivity index (χ3n) is 4.77. The fourth-order valence-corrected chi connectivity index (χ4v) is 3.69. The van der Waals surface area contributed by atoms with Gasteiger partial charge in [-0.25, -0.2) is 4.79 Å². The summed E-state index contributed by atoms with van der Waals surface area (Å²) >= 11 is 18.2. The number of para-hydroxylation sites is 1. The minimum atomic E-state index is -0.628. The number of carbonyl (C=O) groups excluding carboxylic acids is 1. The van der Waals surface area contributed by atoms with Crippen LogP contribution in [-0.4, -0.2) is 30.2 Å². The van der Waals surface area contributed by atoms with Gasteiger partial charge in [0.25, 0.3) is 0 Å². The summed E-state index contributed by atoms with van der Waals surface area (Å²) in [5.41, 5.74) is 1.42. The van der Waals surface area contributed by atoms with E-state index in [1.807, 2.05) is 30.3 Å². The first-order valence-corrected chi connectivity index (χ1v) is 10.7. The SMILES string of the molecule is O=C(Nc1ccccc1)N1C[C@@H](COc2ccc(Cl)cc2)O[C@@H]1c1ccc(Cl)c(Cl)c1. The number of hydrogen-bond acceptors (Lipinski definition) is 3. The molecule has 2 amide bonds. The molecule has 0 spiro atoms. The van der Waals surface area contributed by atoms with Crippen molar-refractivity contribution in [3.05, 3.63) is 93.4 Å². The molecular weight excluding hydrogens is 459 g/mol. The van der Waals surface area contributed by atoms with E-state index in [1.54, 1.807) is 47.4 Å². The number of rotatable bonds is 5. The van der Waals surface area contributed by atoms with Crippen LogP contribution >= 0.6 is 34.8 Å². The summed E-state index contributed by atoms with van der Waals surface area (Å²) in [6.45, 7) is 0.617. The van der Waals surface area contributed by atoms with Crippen LogP contribution in [0.5, 0.6) is 5.75 Å². The molecule has 3 aromatic carbocycles. The minimum Gasteiger partial charge on any atom is -0.491 e. The Morgan fingerprint density at radius 2 is 1.74 bits per heavy atom. The maximum atomic E-state index is 13.0. The van der Waals surface area contributed by atoms with E-state index in [9.17, 15) is 4.79 Å². The van der Waals surface area contributed by atoms with Crippen LogP contribution in [0.3, 0.4) is 0 Å². The Balaban J connectivity index is 1.51. The number of nitrogens with one attached hydrogen (secondary N) is 1. The lowest BCUT2D eigenvalue weighted by molar-refractivity contribution is -0.00515. The van der Waals surface area contributed by atoms with Crippen molar-refractivity contribution in [2.75, 3.05) is 18.5 Å². The summed E-state index contributed by atoms with van der Waals surface area (Å²) in [5.74, 6) is 0.672. The molecule has 0 saturated carbocycles. The van der Waals surface area contributed by atoms with Crippen LogP contribution in [0.2, 0.25) is 15.1 Å². The van der Waals surface area contributed by atoms with Crippen molar-refractivity contribution in [1.82, 2.24) is 4.90 Å². The van der Waals surface area contributed by atoms with E-state index < -0.39 is 6.23 Å². The number of carbonyl (C=O) groups is 1. The van der Waals surface area contributed by atoms with Gasteiger partial charge in [-0.3, -0.25) is 4.90 Å². The molecule has 31 heavy (non-hydrogen) atoms. The van der Waals surface area contributed by atoms with E-state index in [1.165, 1.54) is 0 Å². The van der Waals surface area contributed by atoms with Crippen molar-refractivity contribution in [3.8, 4) is 5.75 Å². The molecule has 160 valence electrons. The molecule has 4 rings (SSSR count). The molecule has 0 bridgehead atoms. The zero-order valence-corrected chi connectivity index (χ0v) is 18.6. The Morgan fingerprint density at radius 1 is 1.00 bits per heavy atom. The second-order valence-electron chi connectivity index (χ2n) is 7.00. The van der Waals surface area contributed by atoms with Crippen LogP contribution in [0.1, 0.15) is 11.8 Å². The Labute approximate surface area is 195 Å². The molecule has 1 fully saturated rings. The van der Waals surface area contributed by atoms with E-state index in [2.05, 4.69) is 5.32 Å². The van der Waals surface area contributed by atoms with E-state index in [0.717, 1.165) is 5.56 Å². The molecule has 0 aliphatic carbocycles. The Bertz CT molecular complexity index is 1050. The van der Waals surface area contributed by atoms with Crippen molar-refractivity contribution >= 4 is 46.5 Å². The number of benzene rings is 3. The first-order valence-electron chi connectivity index (χ1n) is 9.61. The highest BCUT2D eigenvalue weighted by molar-refractivity contribution is 6.42. The highest BCUT2D eigenvalue weighted by atomic mass is 35.5. The van der Waals surface area contributed by atoms with Crippen LogP contribution in [-0.2, 0) is 4.74 Å². The van der Waals surface area contributed by atoms with Gasteiger partial charge < -0.3 is 14.8 Å². The summed E-state index contributed by atoms with van der Waals surface area (Å²) in [6.07, 6.45) is -0.964. The number of hydrogen-bond donors (Lipinski definition) is 1. The van der Waals surface area contributed by atoms with E-state index in [0.29, 0.717) is 33.0 Å². The standard InChI is InChI=1S/C23H19Cl3N2O3/c24-16-7-9-18(10-8-16)30-14-19-13-28(23(29)27-17-4-2-1-3-5-17)22(31-19)15-6-11-20(25)21(26)12-15/h1-12,19,22H,13-14H2,(H,27,29)/t19-,22+/m0/s1. The average molecular weight is 478 g/mol. The Kier molecular flexibility index (Phi) is 6.88. The quantitative estimate of drug-likeness (QED) is 0.447. The highest BCUT2D eigenvalue weighted by Gasteiger charge is 2.38. The van der Waals surface area contributed by atoms with Gasteiger partial charge in [-0.05, 0) is 48.5 Å². The normalized spacial score (nSPS) is 18.1. The first kappa shape index (κ1) is 21.8. The number of anilines is 1. The number of nitrogens with zero attached hydrogens (tertiary/aromatic N) is 1. The van der Waals surface area contributed by atoms with Crippen LogP contribution < -0.4 is 10.1 Å². The van der Waals surface area contributed by atoms with Gasteiger partial charge in [-0.15, -0.1) is 0 Å². The molecule has 1 aliphatic heterocycles. The number of ether oxygens (including phenoxy) is 2. The van der Waals surface area contributed by atoms with Gasteiger partial charge in [-0.2, -0.15) is 0 Å². The molecule has 1 N–H and O–H groups in total. The molecule has 1 heterocycles. The summed E-state index contributed by atoms with van der Waals surface area (Å²) in [7, 11) is 0. The number of halogens is 3. The lowest BCUT2D eigenvalue weighted by Crippen LogP contribution is -2.36. The van der Waals surface area contributed by atoms with Crippen molar-refractivity contribution in [1.29, 1.82) is 0 Å². The predicted molar refractivity (Wildman–Crippen MR) is 123 cm³/mol. The zero-order valence-electron chi connectivity index (χ0n) is 16.3. The molecule has 2 atom stereocenters. The topological polar surface area (TPSA) is 50.8 Å². The molecule has 5 nitrogen and oxygen atoms in total. The molecule has 8 heteroatoms. The summed E-state index contributed by atoms with van der Waals surface area (Å²) < 4.78 is 12.0. The first-order chi connectivity index (χ1) is 15.0. The maximum absolute atomic E-state index is 13.0. The number of amides is 2. The van der Waals surface area contributed by atoms with Gasteiger partial charge in [0.05, 0.1) is 16.6 Å². The van der Waals surface area contributed by atoms with Crippen molar-refractivity contribution in [2.24, 2.45) is 0 Å². The van der Waals surface area contributed by atoms with Crippen LogP contribution in [0.25, 0.3) is 0 Å². The lowest BCUT2D eigenvalue weighted by atomic mass is 10.2. The molecule has 1 saturated heterocycles. The minimum absolute atomic E-state index is 0.272. The fourth-order valence-electron chi connectivity index (χ4n) is 3.26. The molecule has 0 unspecified atom stereocenters. The number of urea groups is 1. The summed E-state index contributed by atoms with van der Waals surface area (Å²) in [5, 5.41) is 4.37. The van der Waals surface area contributed by atoms with Gasteiger partial charge in [0, 0.05) is 16.3 Å². The highest BCUT2D eigenvalue weighted by Crippen LogP contribution is 2.34. The monoisotopic (exact) mass is 476 g/mol. The lowest BCUT2D eigenvalue weighted by Gasteiger charge is -2.24. The van der Waals surface area contributed by atoms with Gasteiger partial charge in [-0.1, -0.05) is 59.1 Å². The van der Waals surface area contributed by atoms with E-state index in [-0.39, 0.29) is 18.7 Å². The molecular formula is C23H19Cl3N2O3. The second-order valence-corrected chi connectivity index (χ2v) is 8.25. The van der Waals surface area contributed by atoms with Crippen molar-refractivity contribution in [3.63, 3.8) is 0 Å². The Morgan fingerprint density at radius 3 is 2.45 bits per heavy atom. The summed E-state index contributed by atoms with van der Waals surface area (Å²) in [4.78, 5) is 14.6. The smallest absolute Gasteiger partial charge is 0.324 e. The van der Waals surface area contributed by atoms with Gasteiger partial charge in [0.2, 0.25) is 0 Å². The Hall–Kier alpha value is -2.44. The summed E-state index contributed by atoms with van der Waals surface area (Å²) in [6, 6.07) is 21.2. The van der Waals surface area contributed by atoms with Gasteiger partial charge in [0.15, 0.2) is 6.23 Å². The third-order valence-corrected chi connectivity index (χ3v) is 5.76. The van der Waals surface area contributed by atoms with E-state index >= 15 is 0 Å². The zero-order chi connectivity index (χ0) is 21.8. The second kappa shape index (κ2) is 9.79. The fraction of sp³-hybridized carbons (Fsp3) is 0.174.